The summed E-state index contributed by atoms with van der Waals surface area (Å²) in [4.78, 5) is 11.4. The van der Waals surface area contributed by atoms with Gasteiger partial charge in [-0.2, -0.15) is 0 Å². The van der Waals surface area contributed by atoms with Crippen LogP contribution >= 0.6 is 0 Å². The minimum Gasteiger partial charge on any atom is -0.465 e. The van der Waals surface area contributed by atoms with Crippen LogP contribution in [0.1, 0.15) is 37.2 Å². The average Bonchev–Trinajstić information content (AvgIpc) is 3.00. The molecule has 2 N–H and O–H groups in total. The van der Waals surface area contributed by atoms with E-state index in [4.69, 9.17) is 4.42 Å². The van der Waals surface area contributed by atoms with Crippen molar-refractivity contribution in [2.24, 2.45) is 0 Å². The van der Waals surface area contributed by atoms with Crippen molar-refractivity contribution in [2.45, 2.75) is 45.2 Å². The predicted molar refractivity (Wildman–Crippen MR) is 65.6 cm³/mol. The zero-order chi connectivity index (χ0) is 12.1. The molecule has 0 atom stereocenters. The molecule has 1 aliphatic carbocycles. The van der Waals surface area contributed by atoms with Gasteiger partial charge in [-0.1, -0.05) is 0 Å². The third-order valence-electron chi connectivity index (χ3n) is 2.80. The van der Waals surface area contributed by atoms with E-state index in [-0.39, 0.29) is 5.91 Å². The lowest BCUT2D eigenvalue weighted by Gasteiger charge is -2.04. The van der Waals surface area contributed by atoms with Crippen LogP contribution in [0.4, 0.5) is 0 Å². The molecular weight excluding hydrogens is 216 g/mol. The summed E-state index contributed by atoms with van der Waals surface area (Å²) in [6.45, 7) is 3.52. The largest absolute Gasteiger partial charge is 0.465 e. The quantitative estimate of drug-likeness (QED) is 0.709. The SMILES string of the molecule is Cc1ccc(CNCCCC(=O)NC2CC2)o1. The normalized spacial score (nSPS) is 14.9. The van der Waals surface area contributed by atoms with Crippen molar-refractivity contribution in [3.05, 3.63) is 23.7 Å². The predicted octanol–water partition coefficient (Wildman–Crippen LogP) is 1.74. The van der Waals surface area contributed by atoms with Crippen molar-refractivity contribution in [2.75, 3.05) is 6.54 Å². The van der Waals surface area contributed by atoms with Crippen LogP contribution in [-0.2, 0) is 11.3 Å². The van der Waals surface area contributed by atoms with E-state index in [1.807, 2.05) is 19.1 Å². The molecular formula is C13H20N2O2. The average molecular weight is 236 g/mol. The van der Waals surface area contributed by atoms with E-state index in [1.165, 1.54) is 0 Å². The Balaban J connectivity index is 1.49. The highest BCUT2D eigenvalue weighted by Gasteiger charge is 2.22. The first-order valence-electron chi connectivity index (χ1n) is 6.29. The molecule has 1 fully saturated rings. The molecule has 0 spiro atoms. The van der Waals surface area contributed by atoms with Gasteiger partial charge in [0.05, 0.1) is 6.54 Å². The second-order valence-electron chi connectivity index (χ2n) is 4.63. The molecule has 1 aromatic heterocycles. The van der Waals surface area contributed by atoms with Crippen LogP contribution in [0.5, 0.6) is 0 Å². The smallest absolute Gasteiger partial charge is 0.220 e. The first-order valence-corrected chi connectivity index (χ1v) is 6.29. The van der Waals surface area contributed by atoms with E-state index in [0.29, 0.717) is 12.5 Å². The molecule has 1 amide bonds. The number of carbonyl (C=O) groups is 1. The molecule has 1 saturated carbocycles. The Morgan fingerprint density at radius 2 is 2.29 bits per heavy atom. The molecule has 17 heavy (non-hydrogen) atoms. The van der Waals surface area contributed by atoms with Crippen molar-refractivity contribution < 1.29 is 9.21 Å². The molecule has 94 valence electrons. The third kappa shape index (κ3) is 4.61. The number of nitrogens with one attached hydrogen (secondary N) is 2. The molecule has 0 bridgehead atoms. The summed E-state index contributed by atoms with van der Waals surface area (Å²) in [7, 11) is 0. The van der Waals surface area contributed by atoms with Gasteiger partial charge in [0, 0.05) is 12.5 Å². The molecule has 1 aromatic rings. The molecule has 0 saturated heterocycles. The van der Waals surface area contributed by atoms with Gasteiger partial charge in [-0.3, -0.25) is 4.79 Å². The van der Waals surface area contributed by atoms with Gasteiger partial charge in [0.1, 0.15) is 11.5 Å². The summed E-state index contributed by atoms with van der Waals surface area (Å²) >= 11 is 0. The number of carbonyl (C=O) groups excluding carboxylic acids is 1. The highest BCUT2D eigenvalue weighted by Crippen LogP contribution is 2.18. The second kappa shape index (κ2) is 5.87. The highest BCUT2D eigenvalue weighted by atomic mass is 16.3. The van der Waals surface area contributed by atoms with Crippen LogP contribution in [0.25, 0.3) is 0 Å². The summed E-state index contributed by atoms with van der Waals surface area (Å²) in [5.74, 6) is 2.07. The lowest BCUT2D eigenvalue weighted by molar-refractivity contribution is -0.121. The first-order chi connectivity index (χ1) is 8.24. The lowest BCUT2D eigenvalue weighted by atomic mass is 10.3. The molecule has 2 rings (SSSR count). The zero-order valence-electron chi connectivity index (χ0n) is 10.3. The van der Waals surface area contributed by atoms with Crippen LogP contribution in [0.15, 0.2) is 16.5 Å². The van der Waals surface area contributed by atoms with Crippen molar-refractivity contribution in [3.63, 3.8) is 0 Å². The van der Waals surface area contributed by atoms with E-state index in [1.54, 1.807) is 0 Å². The van der Waals surface area contributed by atoms with Crippen molar-refractivity contribution >= 4 is 5.91 Å². The summed E-state index contributed by atoms with van der Waals surface area (Å²) in [6.07, 6.45) is 3.79. The number of furan rings is 1. The summed E-state index contributed by atoms with van der Waals surface area (Å²) in [5, 5.41) is 6.25. The highest BCUT2D eigenvalue weighted by molar-refractivity contribution is 5.76. The van der Waals surface area contributed by atoms with E-state index < -0.39 is 0 Å². The number of amides is 1. The van der Waals surface area contributed by atoms with E-state index in [2.05, 4.69) is 10.6 Å². The Bertz CT molecular complexity index is 369. The van der Waals surface area contributed by atoms with Gasteiger partial charge >= 0.3 is 0 Å². The topological polar surface area (TPSA) is 54.3 Å². The third-order valence-corrected chi connectivity index (χ3v) is 2.80. The Morgan fingerprint density at radius 1 is 1.47 bits per heavy atom. The van der Waals surface area contributed by atoms with Gasteiger partial charge in [-0.25, -0.2) is 0 Å². The summed E-state index contributed by atoms with van der Waals surface area (Å²) in [6, 6.07) is 4.41. The van der Waals surface area contributed by atoms with Gasteiger partial charge in [0.2, 0.25) is 5.91 Å². The molecule has 0 unspecified atom stereocenters. The van der Waals surface area contributed by atoms with Gasteiger partial charge in [0.25, 0.3) is 0 Å². The molecule has 4 nitrogen and oxygen atoms in total. The Labute approximate surface area is 102 Å². The monoisotopic (exact) mass is 236 g/mol. The number of hydrogen-bond acceptors (Lipinski definition) is 3. The number of aryl methyl sites for hydroxylation is 1. The fraction of sp³-hybridized carbons (Fsp3) is 0.615. The maximum Gasteiger partial charge on any atom is 0.220 e. The second-order valence-corrected chi connectivity index (χ2v) is 4.63. The fourth-order valence-corrected chi connectivity index (χ4v) is 1.69. The Hall–Kier alpha value is -1.29. The van der Waals surface area contributed by atoms with Crippen LogP contribution in [0.3, 0.4) is 0 Å². The summed E-state index contributed by atoms with van der Waals surface area (Å²) < 4.78 is 5.43. The lowest BCUT2D eigenvalue weighted by Crippen LogP contribution is -2.26. The minimum atomic E-state index is 0.183. The number of rotatable bonds is 7. The van der Waals surface area contributed by atoms with Crippen LogP contribution in [0, 0.1) is 6.92 Å². The molecule has 4 heteroatoms. The molecule has 0 aliphatic heterocycles. The molecule has 1 aliphatic rings. The van der Waals surface area contributed by atoms with Crippen LogP contribution < -0.4 is 10.6 Å². The minimum absolute atomic E-state index is 0.183. The maximum absolute atomic E-state index is 11.4. The Morgan fingerprint density at radius 3 is 2.94 bits per heavy atom. The van der Waals surface area contributed by atoms with Crippen molar-refractivity contribution in [3.8, 4) is 0 Å². The van der Waals surface area contributed by atoms with E-state index in [9.17, 15) is 4.79 Å². The van der Waals surface area contributed by atoms with E-state index in [0.717, 1.165) is 43.9 Å². The van der Waals surface area contributed by atoms with Gasteiger partial charge in [-0.15, -0.1) is 0 Å². The first kappa shape index (κ1) is 12.2. The molecule has 1 heterocycles. The fourth-order valence-electron chi connectivity index (χ4n) is 1.69. The van der Waals surface area contributed by atoms with Crippen molar-refractivity contribution in [1.82, 2.24) is 10.6 Å². The van der Waals surface area contributed by atoms with Crippen LogP contribution in [0.2, 0.25) is 0 Å². The van der Waals surface area contributed by atoms with Gasteiger partial charge in [0.15, 0.2) is 0 Å². The van der Waals surface area contributed by atoms with Gasteiger partial charge in [-0.05, 0) is 44.9 Å². The summed E-state index contributed by atoms with van der Waals surface area (Å²) in [5.41, 5.74) is 0. The number of hydrogen-bond donors (Lipinski definition) is 2. The van der Waals surface area contributed by atoms with E-state index >= 15 is 0 Å². The van der Waals surface area contributed by atoms with Gasteiger partial charge < -0.3 is 15.1 Å². The molecule has 0 radical (unpaired) electrons. The maximum atomic E-state index is 11.4. The Kier molecular flexibility index (Phi) is 4.20. The van der Waals surface area contributed by atoms with Crippen molar-refractivity contribution in [1.29, 1.82) is 0 Å². The van der Waals surface area contributed by atoms with Crippen LogP contribution in [-0.4, -0.2) is 18.5 Å². The zero-order valence-corrected chi connectivity index (χ0v) is 10.3. The standard InChI is InChI=1S/C13H20N2O2/c1-10-4-7-12(17-10)9-14-8-2-3-13(16)15-11-5-6-11/h4,7,11,14H,2-3,5-6,8-9H2,1H3,(H,15,16). The molecule has 0 aromatic carbocycles.